The summed E-state index contributed by atoms with van der Waals surface area (Å²) in [7, 11) is 0. The highest BCUT2D eigenvalue weighted by molar-refractivity contribution is 5.70. The molecule has 0 saturated heterocycles. The lowest BCUT2D eigenvalue weighted by Gasteiger charge is -2.26. The average Bonchev–Trinajstić information content (AvgIpc) is 3.34. The molecular weight excluding hydrogens is 418 g/mol. The number of nitrogens with one attached hydrogen (secondary N) is 1. The maximum absolute atomic E-state index is 11.8. The van der Waals surface area contributed by atoms with Gasteiger partial charge in [-0.3, -0.25) is 4.79 Å². The molecule has 0 unspecified atom stereocenters. The molecule has 2 aromatic rings. The van der Waals surface area contributed by atoms with Crippen LogP contribution >= 0.6 is 0 Å². The highest BCUT2D eigenvalue weighted by atomic mass is 16.6. The molecule has 0 radical (unpaired) electrons. The van der Waals surface area contributed by atoms with E-state index in [1.54, 1.807) is 0 Å². The number of carbonyl (C=O) groups is 2. The number of ether oxygens (including phenoxy) is 1. The van der Waals surface area contributed by atoms with E-state index < -0.39 is 23.8 Å². The van der Waals surface area contributed by atoms with Gasteiger partial charge in [-0.05, 0) is 51.4 Å². The Morgan fingerprint density at radius 2 is 2.06 bits per heavy atom. The molecule has 2 aromatic heterocycles. The SMILES string of the molecule is Cc1oc(=O)oc1COC(=O)NCCC[C@@H](Cc1cn(C2CCC(C)CC2)cn1)C(=O)O. The Morgan fingerprint density at radius 1 is 1.31 bits per heavy atom. The highest BCUT2D eigenvalue weighted by Gasteiger charge is 2.22. The number of carboxylic acid groups (broad SMARTS) is 1. The minimum absolute atomic E-state index is 0.151. The number of alkyl carbamates (subject to hydrolysis) is 1. The molecule has 2 heterocycles. The van der Waals surface area contributed by atoms with Crippen LogP contribution in [0.4, 0.5) is 4.79 Å². The molecule has 1 fully saturated rings. The normalized spacial score (nSPS) is 19.4. The van der Waals surface area contributed by atoms with Crippen LogP contribution in [0.5, 0.6) is 0 Å². The van der Waals surface area contributed by atoms with Gasteiger partial charge in [0.05, 0.1) is 17.9 Å². The first-order valence-electron chi connectivity index (χ1n) is 11.1. The van der Waals surface area contributed by atoms with Crippen molar-refractivity contribution < 1.29 is 28.3 Å². The summed E-state index contributed by atoms with van der Waals surface area (Å²) < 4.78 is 16.5. The van der Waals surface area contributed by atoms with Crippen molar-refractivity contribution in [2.75, 3.05) is 6.54 Å². The van der Waals surface area contributed by atoms with Crippen molar-refractivity contribution in [2.45, 2.75) is 71.4 Å². The van der Waals surface area contributed by atoms with Gasteiger partial charge in [0.15, 0.2) is 18.1 Å². The van der Waals surface area contributed by atoms with Gasteiger partial charge in [0.2, 0.25) is 0 Å². The zero-order valence-corrected chi connectivity index (χ0v) is 18.5. The number of carbonyl (C=O) groups excluding carboxylic acids is 1. The standard InChI is InChI=1S/C22H31N3O7/c1-14-5-7-18(8-6-14)25-11-17(24-13-25)10-16(20(26)27)4-3-9-23-21(28)30-12-19-15(2)31-22(29)32-19/h11,13-14,16,18H,3-10,12H2,1-2H3,(H,23,28)(H,26,27)/t14?,16-,18?/m0/s1. The summed E-state index contributed by atoms with van der Waals surface area (Å²) in [5.41, 5.74) is 0.778. The zero-order valence-electron chi connectivity index (χ0n) is 18.5. The van der Waals surface area contributed by atoms with Crippen LogP contribution in [-0.4, -0.2) is 33.3 Å². The van der Waals surface area contributed by atoms with E-state index in [2.05, 4.69) is 26.2 Å². The molecular formula is C22H31N3O7. The third-order valence-electron chi connectivity index (χ3n) is 6.04. The van der Waals surface area contributed by atoms with Crippen LogP contribution in [0.2, 0.25) is 0 Å². The summed E-state index contributed by atoms with van der Waals surface area (Å²) in [6.07, 6.45) is 9.03. The first-order valence-corrected chi connectivity index (χ1v) is 11.1. The van der Waals surface area contributed by atoms with Gasteiger partial charge >= 0.3 is 17.9 Å². The minimum Gasteiger partial charge on any atom is -0.481 e. The van der Waals surface area contributed by atoms with Gasteiger partial charge < -0.3 is 28.6 Å². The predicted molar refractivity (Wildman–Crippen MR) is 113 cm³/mol. The second kappa shape index (κ2) is 11.0. The molecule has 1 aliphatic carbocycles. The van der Waals surface area contributed by atoms with Crippen LogP contribution in [0.15, 0.2) is 26.2 Å². The number of hydrogen-bond acceptors (Lipinski definition) is 7. The second-order valence-electron chi connectivity index (χ2n) is 8.54. The van der Waals surface area contributed by atoms with E-state index in [4.69, 9.17) is 9.15 Å². The quantitative estimate of drug-likeness (QED) is 0.526. The van der Waals surface area contributed by atoms with Crippen LogP contribution < -0.4 is 11.1 Å². The number of hydrogen-bond donors (Lipinski definition) is 2. The summed E-state index contributed by atoms with van der Waals surface area (Å²) >= 11 is 0. The number of aromatic nitrogens is 2. The largest absolute Gasteiger partial charge is 0.519 e. The van der Waals surface area contributed by atoms with E-state index in [0.29, 0.717) is 25.3 Å². The summed E-state index contributed by atoms with van der Waals surface area (Å²) in [5, 5.41) is 12.1. The number of nitrogens with zero attached hydrogens (tertiary/aromatic N) is 2. The number of imidazole rings is 1. The van der Waals surface area contributed by atoms with Crippen LogP contribution in [0.1, 0.15) is 68.7 Å². The zero-order chi connectivity index (χ0) is 23.1. The van der Waals surface area contributed by atoms with Gasteiger partial charge in [-0.2, -0.15) is 0 Å². The van der Waals surface area contributed by atoms with Gasteiger partial charge in [-0.15, -0.1) is 0 Å². The summed E-state index contributed by atoms with van der Waals surface area (Å²) in [4.78, 5) is 38.8. The van der Waals surface area contributed by atoms with Crippen molar-refractivity contribution in [3.63, 3.8) is 0 Å². The first kappa shape index (κ1) is 23.6. The molecule has 32 heavy (non-hydrogen) atoms. The fourth-order valence-corrected chi connectivity index (χ4v) is 4.02. The van der Waals surface area contributed by atoms with Gasteiger partial charge in [-0.25, -0.2) is 14.6 Å². The number of amides is 1. The molecule has 0 aromatic carbocycles. The van der Waals surface area contributed by atoms with Gasteiger partial charge in [0, 0.05) is 25.2 Å². The molecule has 1 atom stereocenters. The number of carboxylic acids is 1. The molecule has 176 valence electrons. The van der Waals surface area contributed by atoms with Crippen molar-refractivity contribution in [3.05, 3.63) is 40.4 Å². The van der Waals surface area contributed by atoms with E-state index >= 15 is 0 Å². The van der Waals surface area contributed by atoms with Gasteiger partial charge in [0.1, 0.15) is 0 Å². The molecule has 1 aliphatic rings. The fraction of sp³-hybridized carbons (Fsp3) is 0.636. The summed E-state index contributed by atoms with van der Waals surface area (Å²) in [5.74, 6) is -1.12. The third kappa shape index (κ3) is 6.73. The van der Waals surface area contributed by atoms with E-state index in [1.165, 1.54) is 19.8 Å². The van der Waals surface area contributed by atoms with Crippen molar-refractivity contribution in [1.29, 1.82) is 0 Å². The lowest BCUT2D eigenvalue weighted by Crippen LogP contribution is -2.26. The lowest BCUT2D eigenvalue weighted by molar-refractivity contribution is -0.142. The Morgan fingerprint density at radius 3 is 2.72 bits per heavy atom. The molecule has 1 amide bonds. The van der Waals surface area contributed by atoms with Crippen molar-refractivity contribution in [1.82, 2.24) is 14.9 Å². The summed E-state index contributed by atoms with van der Waals surface area (Å²) in [6, 6.07) is 0.449. The molecule has 3 rings (SSSR count). The Balaban J connectivity index is 1.39. The molecule has 1 saturated carbocycles. The third-order valence-corrected chi connectivity index (χ3v) is 6.04. The van der Waals surface area contributed by atoms with Crippen LogP contribution in [0.3, 0.4) is 0 Å². The topological polar surface area (TPSA) is 137 Å². The van der Waals surface area contributed by atoms with E-state index in [0.717, 1.165) is 24.5 Å². The predicted octanol–water partition coefficient (Wildman–Crippen LogP) is 3.44. The van der Waals surface area contributed by atoms with Crippen LogP contribution in [0.25, 0.3) is 0 Å². The van der Waals surface area contributed by atoms with E-state index in [9.17, 15) is 19.5 Å². The van der Waals surface area contributed by atoms with Crippen molar-refractivity contribution >= 4 is 12.1 Å². The molecule has 2 N–H and O–H groups in total. The highest BCUT2D eigenvalue weighted by Crippen LogP contribution is 2.31. The van der Waals surface area contributed by atoms with Crippen LogP contribution in [-0.2, 0) is 22.6 Å². The van der Waals surface area contributed by atoms with Crippen LogP contribution in [0, 0.1) is 18.8 Å². The maximum Gasteiger partial charge on any atom is 0.519 e. The average molecular weight is 450 g/mol. The monoisotopic (exact) mass is 449 g/mol. The molecule has 10 nitrogen and oxygen atoms in total. The van der Waals surface area contributed by atoms with Crippen molar-refractivity contribution in [3.8, 4) is 0 Å². The summed E-state index contributed by atoms with van der Waals surface area (Å²) in [6.45, 7) is 3.86. The molecule has 0 aliphatic heterocycles. The minimum atomic E-state index is -0.876. The maximum atomic E-state index is 11.8. The van der Waals surface area contributed by atoms with Gasteiger partial charge in [0.25, 0.3) is 0 Å². The smallest absolute Gasteiger partial charge is 0.481 e. The molecule has 10 heteroatoms. The molecule has 0 bridgehead atoms. The number of aliphatic carboxylic acids is 1. The van der Waals surface area contributed by atoms with Gasteiger partial charge in [-0.1, -0.05) is 6.92 Å². The van der Waals surface area contributed by atoms with E-state index in [-0.39, 0.29) is 24.7 Å². The Hall–Kier alpha value is -3.04. The Bertz CT molecular complexity index is 953. The van der Waals surface area contributed by atoms with Crippen molar-refractivity contribution in [2.24, 2.45) is 11.8 Å². The lowest BCUT2D eigenvalue weighted by atomic mass is 9.87. The first-order chi connectivity index (χ1) is 15.3. The molecule has 0 spiro atoms. The second-order valence-corrected chi connectivity index (χ2v) is 8.54. The number of aryl methyl sites for hydroxylation is 1. The number of rotatable bonds is 10. The Kier molecular flexibility index (Phi) is 8.13. The van der Waals surface area contributed by atoms with E-state index in [1.807, 2.05) is 12.5 Å². The Labute approximate surface area is 186 Å². The fourth-order valence-electron chi connectivity index (χ4n) is 4.02.